The number of benzene rings is 4. The maximum absolute atomic E-state index is 14.8. The SMILES string of the molecule is CCCCc1ccc(C#Cc2ccc(C(F)(F)Oc3ccc(-c4cc(F)c(F)c(F)c4)c(F)c3)c(F)c2)c(F)c1. The highest BCUT2D eigenvalue weighted by atomic mass is 19.3. The van der Waals surface area contributed by atoms with E-state index in [0.29, 0.717) is 18.2 Å². The van der Waals surface area contributed by atoms with Crippen LogP contribution in [0.3, 0.4) is 0 Å². The van der Waals surface area contributed by atoms with E-state index >= 15 is 0 Å². The zero-order valence-electron chi connectivity index (χ0n) is 20.9. The first kappa shape index (κ1) is 28.7. The molecule has 40 heavy (non-hydrogen) atoms. The summed E-state index contributed by atoms with van der Waals surface area (Å²) in [5.41, 5.74) is -1.07. The molecule has 0 saturated carbocycles. The Hall–Kier alpha value is -4.32. The molecule has 0 bridgehead atoms. The highest BCUT2D eigenvalue weighted by Crippen LogP contribution is 2.35. The molecule has 0 heterocycles. The standard InChI is InChI=1S/C31H20F8O/c1-2-3-4-18-5-8-20(25(32)13-18)9-6-19-7-12-24(27(34)14-19)31(38,39)40-22-10-11-23(26(33)17-22)21-15-28(35)30(37)29(36)16-21/h5,7-8,10-17H,2-4H2,1H3. The highest BCUT2D eigenvalue weighted by Gasteiger charge is 2.38. The molecule has 0 fully saturated rings. The second-order valence-electron chi connectivity index (χ2n) is 8.88. The summed E-state index contributed by atoms with van der Waals surface area (Å²) in [6, 6.07) is 10.5. The molecule has 0 unspecified atom stereocenters. The minimum absolute atomic E-state index is 0.000620. The number of hydrogen-bond donors (Lipinski definition) is 0. The van der Waals surface area contributed by atoms with Crippen LogP contribution < -0.4 is 4.74 Å². The molecule has 0 amide bonds. The van der Waals surface area contributed by atoms with E-state index in [1.807, 2.05) is 6.92 Å². The molecule has 0 radical (unpaired) electrons. The number of ether oxygens (including phenoxy) is 1. The van der Waals surface area contributed by atoms with Crippen LogP contribution in [-0.2, 0) is 12.5 Å². The second kappa shape index (κ2) is 11.8. The molecule has 206 valence electrons. The minimum atomic E-state index is -4.25. The molecule has 4 rings (SSSR count). The Morgan fingerprint density at radius 2 is 1.43 bits per heavy atom. The lowest BCUT2D eigenvalue weighted by atomic mass is 10.0. The summed E-state index contributed by atoms with van der Waals surface area (Å²) in [5, 5.41) is 0. The Balaban J connectivity index is 1.52. The van der Waals surface area contributed by atoms with Crippen molar-refractivity contribution in [1.82, 2.24) is 0 Å². The third kappa shape index (κ3) is 6.45. The molecule has 1 nitrogen and oxygen atoms in total. The van der Waals surface area contributed by atoms with Crippen molar-refractivity contribution in [3.63, 3.8) is 0 Å². The van der Waals surface area contributed by atoms with Gasteiger partial charge in [-0.05, 0) is 78.6 Å². The van der Waals surface area contributed by atoms with E-state index in [9.17, 15) is 35.1 Å². The summed E-state index contributed by atoms with van der Waals surface area (Å²) in [5.74, 6) is -3.61. The number of alkyl halides is 2. The predicted molar refractivity (Wildman–Crippen MR) is 134 cm³/mol. The van der Waals surface area contributed by atoms with Crippen LogP contribution in [0.5, 0.6) is 5.75 Å². The van der Waals surface area contributed by atoms with Crippen molar-refractivity contribution in [3.05, 3.63) is 124 Å². The van der Waals surface area contributed by atoms with E-state index < -0.39 is 57.9 Å². The average molecular weight is 560 g/mol. The molecule has 4 aromatic carbocycles. The molecule has 0 aliphatic heterocycles. The Kier molecular flexibility index (Phi) is 8.48. The molecular weight excluding hydrogens is 540 g/mol. The summed E-state index contributed by atoms with van der Waals surface area (Å²) in [6.07, 6.45) is -1.67. The maximum atomic E-state index is 14.8. The second-order valence-corrected chi connectivity index (χ2v) is 8.88. The van der Waals surface area contributed by atoms with Crippen LogP contribution >= 0.6 is 0 Å². The average Bonchev–Trinajstić information content (AvgIpc) is 2.89. The summed E-state index contributed by atoms with van der Waals surface area (Å²) in [7, 11) is 0. The van der Waals surface area contributed by atoms with Gasteiger partial charge in [-0.1, -0.05) is 31.3 Å². The van der Waals surface area contributed by atoms with Gasteiger partial charge < -0.3 is 4.74 Å². The predicted octanol–water partition coefficient (Wildman–Crippen LogP) is 9.06. The van der Waals surface area contributed by atoms with Gasteiger partial charge in [-0.2, -0.15) is 8.78 Å². The van der Waals surface area contributed by atoms with Crippen molar-refractivity contribution in [2.45, 2.75) is 32.3 Å². The van der Waals surface area contributed by atoms with Crippen LogP contribution in [0.25, 0.3) is 11.1 Å². The van der Waals surface area contributed by atoms with Crippen LogP contribution in [0, 0.1) is 46.7 Å². The van der Waals surface area contributed by atoms with Gasteiger partial charge in [0.25, 0.3) is 0 Å². The van der Waals surface area contributed by atoms with E-state index in [1.165, 1.54) is 12.1 Å². The third-order valence-corrected chi connectivity index (χ3v) is 5.96. The normalized spacial score (nSPS) is 11.2. The van der Waals surface area contributed by atoms with Crippen molar-refractivity contribution < 1.29 is 39.9 Å². The molecule has 4 aromatic rings. The van der Waals surface area contributed by atoms with Gasteiger partial charge in [-0.25, -0.2) is 26.3 Å². The highest BCUT2D eigenvalue weighted by molar-refractivity contribution is 5.65. The fourth-order valence-electron chi connectivity index (χ4n) is 3.87. The van der Waals surface area contributed by atoms with Crippen molar-refractivity contribution in [2.24, 2.45) is 0 Å². The summed E-state index contributed by atoms with van der Waals surface area (Å²) in [6.45, 7) is 2.02. The Morgan fingerprint density at radius 1 is 0.700 bits per heavy atom. The zero-order valence-corrected chi connectivity index (χ0v) is 20.9. The third-order valence-electron chi connectivity index (χ3n) is 5.96. The quantitative estimate of drug-likeness (QED) is 0.125. The van der Waals surface area contributed by atoms with E-state index in [1.54, 1.807) is 6.07 Å². The van der Waals surface area contributed by atoms with Gasteiger partial charge in [0.1, 0.15) is 28.8 Å². The fraction of sp³-hybridized carbons (Fsp3) is 0.161. The lowest BCUT2D eigenvalue weighted by Crippen LogP contribution is -2.23. The van der Waals surface area contributed by atoms with Crippen molar-refractivity contribution >= 4 is 0 Å². The van der Waals surface area contributed by atoms with Gasteiger partial charge >= 0.3 is 6.11 Å². The minimum Gasteiger partial charge on any atom is -0.429 e. The first-order valence-electron chi connectivity index (χ1n) is 12.1. The van der Waals surface area contributed by atoms with Crippen molar-refractivity contribution in [3.8, 4) is 28.7 Å². The molecule has 0 spiro atoms. The van der Waals surface area contributed by atoms with Gasteiger partial charge in [0.15, 0.2) is 17.5 Å². The van der Waals surface area contributed by atoms with Crippen molar-refractivity contribution in [1.29, 1.82) is 0 Å². The van der Waals surface area contributed by atoms with Crippen LogP contribution in [0.15, 0.2) is 66.7 Å². The molecule has 0 aliphatic rings. The number of hydrogen-bond acceptors (Lipinski definition) is 1. The monoisotopic (exact) mass is 560 g/mol. The maximum Gasteiger partial charge on any atom is 0.429 e. The number of unbranched alkanes of at least 4 members (excludes halogenated alkanes) is 1. The van der Waals surface area contributed by atoms with Gasteiger partial charge in [0.2, 0.25) is 0 Å². The molecule has 0 saturated heterocycles. The van der Waals surface area contributed by atoms with Gasteiger partial charge in [-0.3, -0.25) is 0 Å². The number of halogens is 8. The molecule has 0 N–H and O–H groups in total. The first-order valence-corrected chi connectivity index (χ1v) is 12.1. The van der Waals surface area contributed by atoms with E-state index in [2.05, 4.69) is 16.6 Å². The summed E-state index contributed by atoms with van der Waals surface area (Å²) < 4.78 is 118. The molecule has 0 aliphatic carbocycles. The lowest BCUT2D eigenvalue weighted by molar-refractivity contribution is -0.187. The summed E-state index contributed by atoms with van der Waals surface area (Å²) >= 11 is 0. The zero-order chi connectivity index (χ0) is 29.0. The summed E-state index contributed by atoms with van der Waals surface area (Å²) in [4.78, 5) is 0. The van der Waals surface area contributed by atoms with Gasteiger partial charge in [0.05, 0.1) is 5.56 Å². The fourth-order valence-corrected chi connectivity index (χ4v) is 3.87. The Morgan fingerprint density at radius 3 is 2.05 bits per heavy atom. The smallest absolute Gasteiger partial charge is 0.429 e. The van der Waals surface area contributed by atoms with Crippen LogP contribution in [0.1, 0.15) is 42.0 Å². The molecule has 0 aromatic heterocycles. The number of aryl methyl sites for hydroxylation is 1. The Bertz CT molecular complexity index is 1590. The van der Waals surface area contributed by atoms with E-state index in [4.69, 9.17) is 0 Å². The van der Waals surface area contributed by atoms with Crippen LogP contribution in [0.2, 0.25) is 0 Å². The van der Waals surface area contributed by atoms with E-state index in [-0.39, 0.29) is 16.7 Å². The van der Waals surface area contributed by atoms with Gasteiger partial charge in [0, 0.05) is 17.2 Å². The molecule has 9 heteroatoms. The Labute approximate surface area is 225 Å². The molecule has 0 atom stereocenters. The lowest BCUT2D eigenvalue weighted by Gasteiger charge is -2.19. The van der Waals surface area contributed by atoms with Crippen LogP contribution in [0.4, 0.5) is 35.1 Å². The van der Waals surface area contributed by atoms with Crippen molar-refractivity contribution in [2.75, 3.05) is 0 Å². The topological polar surface area (TPSA) is 9.23 Å². The van der Waals surface area contributed by atoms with Gasteiger partial charge in [-0.15, -0.1) is 0 Å². The number of rotatable bonds is 7. The first-order chi connectivity index (χ1) is 19.0. The van der Waals surface area contributed by atoms with E-state index in [0.717, 1.165) is 55.2 Å². The largest absolute Gasteiger partial charge is 0.429 e. The van der Waals surface area contributed by atoms with Crippen LogP contribution in [-0.4, -0.2) is 0 Å². The molecular formula is C31H20F8O.